The molecule has 0 saturated heterocycles. The SMILES string of the molecule is COc1cc2ncnc(Nc3ccc4c(c3)CCN4C(=O)COc3ccccc3C(C)=O)c2cc1OC. The molecule has 0 saturated carbocycles. The monoisotopic (exact) mass is 498 g/mol. The Morgan fingerprint density at radius 2 is 1.76 bits per heavy atom. The van der Waals surface area contributed by atoms with Gasteiger partial charge in [-0.3, -0.25) is 9.59 Å². The number of nitrogens with zero attached hydrogens (tertiary/aromatic N) is 3. The molecule has 5 rings (SSSR count). The summed E-state index contributed by atoms with van der Waals surface area (Å²) in [6, 6.07) is 16.4. The second-order valence-electron chi connectivity index (χ2n) is 8.55. The number of rotatable bonds is 8. The number of benzene rings is 3. The lowest BCUT2D eigenvalue weighted by Crippen LogP contribution is -2.33. The highest BCUT2D eigenvalue weighted by atomic mass is 16.5. The number of carbonyl (C=O) groups is 2. The maximum Gasteiger partial charge on any atom is 0.264 e. The molecule has 3 aromatic carbocycles. The first-order valence-corrected chi connectivity index (χ1v) is 11.8. The van der Waals surface area contributed by atoms with Gasteiger partial charge in [0.05, 0.1) is 25.3 Å². The van der Waals surface area contributed by atoms with Gasteiger partial charge in [0.2, 0.25) is 0 Å². The molecule has 4 aromatic rings. The molecule has 37 heavy (non-hydrogen) atoms. The highest BCUT2D eigenvalue weighted by molar-refractivity contribution is 5.99. The Balaban J connectivity index is 1.33. The quantitative estimate of drug-likeness (QED) is 0.353. The third-order valence-electron chi connectivity index (χ3n) is 6.30. The van der Waals surface area contributed by atoms with E-state index >= 15 is 0 Å². The van der Waals surface area contributed by atoms with Crippen molar-refractivity contribution in [2.24, 2.45) is 0 Å². The highest BCUT2D eigenvalue weighted by Crippen LogP contribution is 2.36. The number of ether oxygens (including phenoxy) is 3. The van der Waals surface area contributed by atoms with Crippen LogP contribution in [0.15, 0.2) is 60.9 Å². The van der Waals surface area contributed by atoms with Crippen LogP contribution in [0.1, 0.15) is 22.8 Å². The summed E-state index contributed by atoms with van der Waals surface area (Å²) in [7, 11) is 3.17. The maximum atomic E-state index is 13.0. The van der Waals surface area contributed by atoms with Crippen molar-refractivity contribution in [3.05, 3.63) is 72.1 Å². The number of aromatic nitrogens is 2. The van der Waals surface area contributed by atoms with E-state index in [2.05, 4.69) is 15.3 Å². The summed E-state index contributed by atoms with van der Waals surface area (Å²) in [5.41, 5.74) is 3.91. The van der Waals surface area contributed by atoms with Gasteiger partial charge in [0.15, 0.2) is 23.9 Å². The van der Waals surface area contributed by atoms with Crippen molar-refractivity contribution in [3.8, 4) is 17.2 Å². The van der Waals surface area contributed by atoms with Gasteiger partial charge in [0.1, 0.15) is 17.9 Å². The predicted octanol–water partition coefficient (Wildman–Crippen LogP) is 4.56. The van der Waals surface area contributed by atoms with E-state index in [0.717, 1.165) is 34.3 Å². The number of para-hydroxylation sites is 1. The molecule has 1 N–H and O–H groups in total. The number of fused-ring (bicyclic) bond motifs is 2. The maximum absolute atomic E-state index is 13.0. The molecule has 0 radical (unpaired) electrons. The number of methoxy groups -OCH3 is 2. The van der Waals surface area contributed by atoms with Gasteiger partial charge in [-0.2, -0.15) is 0 Å². The summed E-state index contributed by atoms with van der Waals surface area (Å²) in [6.07, 6.45) is 2.21. The van der Waals surface area contributed by atoms with Crippen molar-refractivity contribution in [2.75, 3.05) is 37.6 Å². The summed E-state index contributed by atoms with van der Waals surface area (Å²) >= 11 is 0. The number of nitrogens with one attached hydrogen (secondary N) is 1. The summed E-state index contributed by atoms with van der Waals surface area (Å²) in [5, 5.41) is 4.16. The van der Waals surface area contributed by atoms with Crippen LogP contribution in [0.25, 0.3) is 10.9 Å². The van der Waals surface area contributed by atoms with E-state index in [4.69, 9.17) is 14.2 Å². The number of Topliss-reactive ketones (excluding diaryl/α,β-unsaturated/α-hetero) is 1. The zero-order valence-corrected chi connectivity index (χ0v) is 20.8. The predicted molar refractivity (Wildman–Crippen MR) is 140 cm³/mol. The fourth-order valence-electron chi connectivity index (χ4n) is 4.46. The van der Waals surface area contributed by atoms with E-state index in [1.54, 1.807) is 43.4 Å². The third-order valence-corrected chi connectivity index (χ3v) is 6.30. The molecule has 1 aliphatic heterocycles. The molecular formula is C28H26N4O5. The molecule has 1 aliphatic rings. The van der Waals surface area contributed by atoms with Gasteiger partial charge in [0.25, 0.3) is 5.91 Å². The van der Waals surface area contributed by atoms with Crippen molar-refractivity contribution in [3.63, 3.8) is 0 Å². The van der Waals surface area contributed by atoms with Crippen molar-refractivity contribution >= 4 is 39.8 Å². The molecule has 1 amide bonds. The molecule has 0 unspecified atom stereocenters. The van der Waals surface area contributed by atoms with Crippen molar-refractivity contribution in [2.45, 2.75) is 13.3 Å². The van der Waals surface area contributed by atoms with E-state index in [1.165, 1.54) is 13.3 Å². The first-order valence-electron chi connectivity index (χ1n) is 11.8. The molecule has 0 spiro atoms. The van der Waals surface area contributed by atoms with Crippen molar-refractivity contribution in [1.29, 1.82) is 0 Å². The number of anilines is 3. The van der Waals surface area contributed by atoms with Crippen LogP contribution in [0.3, 0.4) is 0 Å². The summed E-state index contributed by atoms with van der Waals surface area (Å²) in [6.45, 7) is 1.88. The summed E-state index contributed by atoms with van der Waals surface area (Å²) in [5.74, 6) is 1.95. The van der Waals surface area contributed by atoms with E-state index in [-0.39, 0.29) is 18.3 Å². The lowest BCUT2D eigenvalue weighted by atomic mass is 10.1. The minimum atomic E-state index is -0.166. The van der Waals surface area contributed by atoms with Gasteiger partial charge < -0.3 is 24.4 Å². The molecule has 188 valence electrons. The lowest BCUT2D eigenvalue weighted by Gasteiger charge is -2.18. The summed E-state index contributed by atoms with van der Waals surface area (Å²) < 4.78 is 16.5. The minimum Gasteiger partial charge on any atom is -0.493 e. The van der Waals surface area contributed by atoms with E-state index in [1.807, 2.05) is 30.3 Å². The van der Waals surface area contributed by atoms with Crippen LogP contribution in [-0.2, 0) is 11.2 Å². The van der Waals surface area contributed by atoms with Gasteiger partial charge in [-0.1, -0.05) is 12.1 Å². The second-order valence-corrected chi connectivity index (χ2v) is 8.55. The smallest absolute Gasteiger partial charge is 0.264 e. The van der Waals surface area contributed by atoms with Crippen LogP contribution < -0.4 is 24.4 Å². The third kappa shape index (κ3) is 4.75. The first-order chi connectivity index (χ1) is 18.0. The lowest BCUT2D eigenvalue weighted by molar-refractivity contribution is -0.120. The Hall–Kier alpha value is -4.66. The zero-order valence-electron chi connectivity index (χ0n) is 20.8. The zero-order chi connectivity index (χ0) is 25.9. The van der Waals surface area contributed by atoms with Crippen molar-refractivity contribution < 1.29 is 23.8 Å². The van der Waals surface area contributed by atoms with Gasteiger partial charge >= 0.3 is 0 Å². The molecule has 0 bridgehead atoms. The number of hydrogen-bond acceptors (Lipinski definition) is 8. The number of hydrogen-bond donors (Lipinski definition) is 1. The Morgan fingerprint density at radius 3 is 2.54 bits per heavy atom. The molecular weight excluding hydrogens is 472 g/mol. The van der Waals surface area contributed by atoms with Crippen LogP contribution in [0, 0.1) is 0 Å². The van der Waals surface area contributed by atoms with E-state index < -0.39 is 0 Å². The Morgan fingerprint density at radius 1 is 0.973 bits per heavy atom. The van der Waals surface area contributed by atoms with E-state index in [9.17, 15) is 9.59 Å². The van der Waals surface area contributed by atoms with Crippen LogP contribution in [0.2, 0.25) is 0 Å². The average Bonchev–Trinajstić information content (AvgIpc) is 3.34. The molecule has 0 atom stereocenters. The van der Waals surface area contributed by atoms with Gasteiger partial charge in [0, 0.05) is 29.4 Å². The fraction of sp³-hybridized carbons (Fsp3) is 0.214. The number of ketones is 1. The second kappa shape index (κ2) is 10.1. The molecule has 0 aliphatic carbocycles. The average molecular weight is 499 g/mol. The van der Waals surface area contributed by atoms with Gasteiger partial charge in [-0.05, 0) is 55.3 Å². The summed E-state index contributed by atoms with van der Waals surface area (Å²) in [4.78, 5) is 35.3. The molecule has 9 nitrogen and oxygen atoms in total. The number of carbonyl (C=O) groups excluding carboxylic acids is 2. The Kier molecular flexibility index (Phi) is 6.59. The van der Waals surface area contributed by atoms with E-state index in [0.29, 0.717) is 35.2 Å². The number of amides is 1. The minimum absolute atomic E-state index is 0.108. The first kappa shape index (κ1) is 24.1. The molecule has 9 heteroatoms. The highest BCUT2D eigenvalue weighted by Gasteiger charge is 2.25. The topological polar surface area (TPSA) is 103 Å². The largest absolute Gasteiger partial charge is 0.493 e. The van der Waals surface area contributed by atoms with Gasteiger partial charge in [-0.15, -0.1) is 0 Å². The van der Waals surface area contributed by atoms with Crippen LogP contribution in [0.5, 0.6) is 17.2 Å². The Labute approximate surface area is 214 Å². The standard InChI is InChI=1S/C28H26N4O5/c1-17(33)20-6-4-5-7-24(20)37-15-27(34)32-11-10-18-12-19(8-9-23(18)32)31-28-21-13-25(35-2)26(36-3)14-22(21)29-16-30-28/h4-9,12-14,16H,10-11,15H2,1-3H3,(H,29,30,31). The van der Waals surface area contributed by atoms with Crippen LogP contribution in [0.4, 0.5) is 17.2 Å². The molecule has 1 aromatic heterocycles. The van der Waals surface area contributed by atoms with Crippen LogP contribution in [-0.4, -0.2) is 49.0 Å². The van der Waals surface area contributed by atoms with Gasteiger partial charge in [-0.25, -0.2) is 9.97 Å². The van der Waals surface area contributed by atoms with Crippen LogP contribution >= 0.6 is 0 Å². The Bertz CT molecular complexity index is 1500. The molecule has 2 heterocycles. The fourth-order valence-corrected chi connectivity index (χ4v) is 4.46. The van der Waals surface area contributed by atoms with Crippen molar-refractivity contribution in [1.82, 2.24) is 9.97 Å². The normalized spacial score (nSPS) is 12.2. The molecule has 0 fully saturated rings.